The largest absolute Gasteiger partial charge is 0.302 e. The first kappa shape index (κ1) is 8.51. The summed E-state index contributed by atoms with van der Waals surface area (Å²) in [5.41, 5.74) is 0. The summed E-state index contributed by atoms with van der Waals surface area (Å²) in [6.45, 7) is 2.27. The highest BCUT2D eigenvalue weighted by Gasteiger charge is 2.11. The molecule has 0 N–H and O–H groups in total. The zero-order chi connectivity index (χ0) is 9.90. The van der Waals surface area contributed by atoms with Crippen LogP contribution in [0.4, 0.5) is 0 Å². The quantitative estimate of drug-likeness (QED) is 0.654. The minimum atomic E-state index is -2.84. The summed E-state index contributed by atoms with van der Waals surface area (Å²) in [4.78, 5) is 2.07. The highest BCUT2D eigenvalue weighted by Crippen LogP contribution is 2.07. The summed E-state index contributed by atoms with van der Waals surface area (Å²) < 4.78 is 29.3. The van der Waals surface area contributed by atoms with E-state index in [9.17, 15) is 8.42 Å². The van der Waals surface area contributed by atoms with Gasteiger partial charge in [0.25, 0.3) is 0 Å². The number of hydrogen-bond acceptors (Lipinski definition) is 3. The van der Waals surface area contributed by atoms with Gasteiger partial charge in [-0.1, -0.05) is 6.42 Å². The number of nitrogens with zero attached hydrogens (tertiary/aromatic N) is 1. The summed E-state index contributed by atoms with van der Waals surface area (Å²) >= 11 is 0. The predicted octanol–water partition coefficient (Wildman–Crippen LogP) is 0.517. The monoisotopic (exact) mass is 192 g/mol. The van der Waals surface area contributed by atoms with Crippen molar-refractivity contribution in [3.8, 4) is 0 Å². The normalized spacial score (nSPS) is 28.4. The highest BCUT2D eigenvalue weighted by molar-refractivity contribution is 7.90. The van der Waals surface area contributed by atoms with Crippen molar-refractivity contribution in [2.24, 2.45) is 0 Å². The van der Waals surface area contributed by atoms with Crippen molar-refractivity contribution in [1.82, 2.24) is 4.90 Å². The average Bonchev–Trinajstić information content (AvgIpc) is 2.00. The molecule has 0 amide bonds. The fourth-order valence-electron chi connectivity index (χ4n) is 1.32. The van der Waals surface area contributed by atoms with Crippen molar-refractivity contribution in [3.63, 3.8) is 0 Å². The molecule has 0 radical (unpaired) electrons. The third kappa shape index (κ3) is 4.07. The molecular formula is C8H17NO2S. The molecule has 1 aliphatic heterocycles. The van der Waals surface area contributed by atoms with E-state index in [1.807, 2.05) is 0 Å². The molecule has 1 heterocycles. The molecule has 1 aliphatic rings. The molecule has 0 aromatic carbocycles. The molecule has 4 heteroatoms. The van der Waals surface area contributed by atoms with Gasteiger partial charge in [0, 0.05) is 14.2 Å². The second-order valence-electron chi connectivity index (χ2n) is 3.36. The van der Waals surface area contributed by atoms with Gasteiger partial charge in [-0.3, -0.25) is 0 Å². The maximum absolute atomic E-state index is 10.9. The van der Waals surface area contributed by atoms with Crippen molar-refractivity contribution >= 4 is 9.84 Å². The zero-order valence-corrected chi connectivity index (χ0v) is 8.31. The summed E-state index contributed by atoms with van der Waals surface area (Å²) in [6, 6.07) is 0. The maximum Gasteiger partial charge on any atom is 0.148 e. The third-order valence-corrected chi connectivity index (χ3v) is 2.97. The van der Waals surface area contributed by atoms with E-state index in [0.717, 1.165) is 25.9 Å². The van der Waals surface area contributed by atoms with E-state index < -0.39 is 9.84 Å². The lowest BCUT2D eigenvalue weighted by molar-refractivity contribution is 0.241. The molecule has 1 rings (SSSR count). The summed E-state index contributed by atoms with van der Waals surface area (Å²) in [7, 11) is -2.84. The van der Waals surface area contributed by atoms with Crippen LogP contribution in [0, 0.1) is 0 Å². The van der Waals surface area contributed by atoms with Crippen molar-refractivity contribution in [2.45, 2.75) is 19.2 Å². The molecule has 1 atom stereocenters. The van der Waals surface area contributed by atoms with Gasteiger partial charge in [-0.15, -0.1) is 0 Å². The molecule has 1 unspecified atom stereocenters. The van der Waals surface area contributed by atoms with Crippen LogP contribution in [-0.4, -0.2) is 45.0 Å². The molecule has 12 heavy (non-hydrogen) atoms. The van der Waals surface area contributed by atoms with Gasteiger partial charge in [0.2, 0.25) is 0 Å². The van der Waals surface area contributed by atoms with Crippen molar-refractivity contribution in [3.05, 3.63) is 0 Å². The van der Waals surface area contributed by atoms with Crippen molar-refractivity contribution in [2.75, 3.05) is 31.6 Å². The predicted molar refractivity (Wildman–Crippen MR) is 50.0 cm³/mol. The van der Waals surface area contributed by atoms with Gasteiger partial charge in [0.15, 0.2) is 0 Å². The standard InChI is InChI=1S/C8H17NO2S/c1-12(10,11)8-7-9-5-3-2-4-6-9/h2-8H2,1H3/i3D. The van der Waals surface area contributed by atoms with Crippen LogP contribution in [0.25, 0.3) is 0 Å². The molecular weight excluding hydrogens is 174 g/mol. The fraction of sp³-hybridized carbons (Fsp3) is 1.00. The molecule has 72 valence electrons. The van der Waals surface area contributed by atoms with E-state index in [4.69, 9.17) is 1.37 Å². The highest BCUT2D eigenvalue weighted by atomic mass is 32.2. The van der Waals surface area contributed by atoms with Crippen LogP contribution in [0.1, 0.15) is 20.6 Å². The van der Waals surface area contributed by atoms with Crippen LogP contribution in [0.3, 0.4) is 0 Å². The molecule has 1 fully saturated rings. The molecule has 0 bridgehead atoms. The Hall–Kier alpha value is -0.0900. The second-order valence-corrected chi connectivity index (χ2v) is 5.62. The lowest BCUT2D eigenvalue weighted by Crippen LogP contribution is -2.33. The number of hydrogen-bond donors (Lipinski definition) is 0. The summed E-state index contributed by atoms with van der Waals surface area (Å²) in [6.07, 6.45) is 3.22. The first-order valence-corrected chi connectivity index (χ1v) is 6.36. The molecule has 0 saturated carbocycles. The topological polar surface area (TPSA) is 37.4 Å². The van der Waals surface area contributed by atoms with E-state index in [2.05, 4.69) is 4.90 Å². The Kier molecular flexibility index (Phi) is 3.00. The van der Waals surface area contributed by atoms with E-state index in [-0.39, 0.29) is 12.1 Å². The van der Waals surface area contributed by atoms with Crippen LogP contribution in [-0.2, 0) is 9.84 Å². The van der Waals surface area contributed by atoms with Crippen LogP contribution in [0.2, 0.25) is 0 Å². The minimum absolute atomic E-state index is 0.0201. The van der Waals surface area contributed by atoms with Crippen molar-refractivity contribution < 1.29 is 9.79 Å². The van der Waals surface area contributed by atoms with Crippen molar-refractivity contribution in [1.29, 1.82) is 0 Å². The van der Waals surface area contributed by atoms with Crippen LogP contribution in [0.5, 0.6) is 0 Å². The van der Waals surface area contributed by atoms with Gasteiger partial charge in [-0.05, 0) is 25.9 Å². The van der Waals surface area contributed by atoms with Gasteiger partial charge in [0.05, 0.1) is 5.75 Å². The number of likely N-dealkylation sites (tertiary alicyclic amines) is 1. The Bertz CT molecular complexity index is 253. The SMILES string of the molecule is [2H]C1CCCN(CCS(C)(=O)=O)C1. The van der Waals surface area contributed by atoms with Gasteiger partial charge in [-0.25, -0.2) is 8.42 Å². The molecule has 0 aromatic rings. The van der Waals surface area contributed by atoms with Gasteiger partial charge in [-0.2, -0.15) is 0 Å². The second kappa shape index (κ2) is 4.23. The molecule has 0 aliphatic carbocycles. The number of piperidine rings is 1. The molecule has 0 spiro atoms. The lowest BCUT2D eigenvalue weighted by Gasteiger charge is -2.25. The Morgan fingerprint density at radius 1 is 1.42 bits per heavy atom. The number of sulfone groups is 1. The first-order valence-electron chi connectivity index (χ1n) is 4.87. The Labute approximate surface area is 76.1 Å². The van der Waals surface area contributed by atoms with Gasteiger partial charge in [0.1, 0.15) is 9.84 Å². The lowest BCUT2D eigenvalue weighted by atomic mass is 10.1. The van der Waals surface area contributed by atoms with E-state index >= 15 is 0 Å². The Morgan fingerprint density at radius 2 is 2.17 bits per heavy atom. The van der Waals surface area contributed by atoms with E-state index in [1.165, 1.54) is 6.26 Å². The minimum Gasteiger partial charge on any atom is -0.302 e. The average molecular weight is 192 g/mol. The van der Waals surface area contributed by atoms with Crippen LogP contribution in [0.15, 0.2) is 0 Å². The summed E-state index contributed by atoms with van der Waals surface area (Å²) in [5.74, 6) is 0.222. The van der Waals surface area contributed by atoms with E-state index in [0.29, 0.717) is 6.54 Å². The zero-order valence-electron chi connectivity index (χ0n) is 8.49. The first-order chi connectivity index (χ1) is 5.97. The molecule has 1 saturated heterocycles. The van der Waals surface area contributed by atoms with Crippen LogP contribution < -0.4 is 0 Å². The Morgan fingerprint density at radius 3 is 2.75 bits per heavy atom. The maximum atomic E-state index is 10.9. The fourth-order valence-corrected chi connectivity index (χ4v) is 1.91. The molecule has 0 aromatic heterocycles. The Balaban J connectivity index is 2.29. The van der Waals surface area contributed by atoms with Gasteiger partial charge < -0.3 is 4.90 Å². The van der Waals surface area contributed by atoms with Crippen LogP contribution >= 0.6 is 0 Å². The van der Waals surface area contributed by atoms with Gasteiger partial charge >= 0.3 is 0 Å². The smallest absolute Gasteiger partial charge is 0.148 e. The third-order valence-electron chi connectivity index (χ3n) is 2.05. The number of rotatable bonds is 3. The summed E-state index contributed by atoms with van der Waals surface area (Å²) in [5, 5.41) is 0. The van der Waals surface area contributed by atoms with E-state index in [1.54, 1.807) is 0 Å². The molecule has 3 nitrogen and oxygen atoms in total.